The number of rotatable bonds is 8. The molecule has 1 amide bonds. The van der Waals surface area contributed by atoms with Gasteiger partial charge in [0.25, 0.3) is 5.91 Å². The van der Waals surface area contributed by atoms with Crippen LogP contribution in [0.5, 0.6) is 0 Å². The first-order valence-corrected chi connectivity index (χ1v) is 12.5. The van der Waals surface area contributed by atoms with Gasteiger partial charge in [-0.3, -0.25) is 4.79 Å². The van der Waals surface area contributed by atoms with E-state index in [0.29, 0.717) is 43.8 Å². The molecule has 0 saturated carbocycles. The maximum atomic E-state index is 12.9. The summed E-state index contributed by atoms with van der Waals surface area (Å²) in [6.45, 7) is 6.74. The average Bonchev–Trinajstić information content (AvgIpc) is 3.16. The van der Waals surface area contributed by atoms with Gasteiger partial charge in [0.1, 0.15) is 0 Å². The maximum absolute atomic E-state index is 12.9. The van der Waals surface area contributed by atoms with Crippen LogP contribution in [0.1, 0.15) is 48.6 Å². The Kier molecular flexibility index (Phi) is 8.75. The molecule has 0 aliphatic heterocycles. The maximum Gasteiger partial charge on any atom is 0.251 e. The molecule has 3 rings (SSSR count). The van der Waals surface area contributed by atoms with Crippen LogP contribution in [0.4, 0.5) is 0 Å². The van der Waals surface area contributed by atoms with Crippen molar-refractivity contribution in [3.8, 4) is 0 Å². The molecule has 1 heterocycles. The Morgan fingerprint density at radius 1 is 1.00 bits per heavy atom. The van der Waals surface area contributed by atoms with Gasteiger partial charge < -0.3 is 9.88 Å². The number of hydrogen-bond donors (Lipinski definition) is 1. The number of thioether (sulfide) groups is 1. The summed E-state index contributed by atoms with van der Waals surface area (Å²) >= 11 is 25.7. The monoisotopic (exact) mass is 530 g/mol. The van der Waals surface area contributed by atoms with Crippen LogP contribution in [0.25, 0.3) is 0 Å². The Balaban J connectivity index is 1.80. The zero-order chi connectivity index (χ0) is 23.4. The number of aromatic nitrogens is 3. The second kappa shape index (κ2) is 11.1. The second-order valence-corrected chi connectivity index (χ2v) is 10.0. The van der Waals surface area contributed by atoms with Gasteiger partial charge in [-0.1, -0.05) is 78.1 Å². The van der Waals surface area contributed by atoms with E-state index in [-0.39, 0.29) is 17.9 Å². The molecule has 1 atom stereocenters. The summed E-state index contributed by atoms with van der Waals surface area (Å²) in [6.07, 6.45) is 0. The van der Waals surface area contributed by atoms with E-state index < -0.39 is 0 Å². The van der Waals surface area contributed by atoms with Crippen LogP contribution in [0, 0.1) is 5.92 Å². The van der Waals surface area contributed by atoms with E-state index in [4.69, 9.17) is 46.4 Å². The molecule has 0 aliphatic rings. The van der Waals surface area contributed by atoms with Crippen LogP contribution in [0.3, 0.4) is 0 Å². The van der Waals surface area contributed by atoms with Gasteiger partial charge >= 0.3 is 0 Å². The lowest BCUT2D eigenvalue weighted by molar-refractivity contribution is 0.0922. The summed E-state index contributed by atoms with van der Waals surface area (Å²) in [4.78, 5) is 12.9. The van der Waals surface area contributed by atoms with Crippen LogP contribution in [-0.2, 0) is 12.3 Å². The van der Waals surface area contributed by atoms with E-state index in [2.05, 4.69) is 15.5 Å². The van der Waals surface area contributed by atoms with Crippen molar-refractivity contribution >= 4 is 64.1 Å². The van der Waals surface area contributed by atoms with Gasteiger partial charge in [0.15, 0.2) is 11.0 Å². The lowest BCUT2D eigenvalue weighted by atomic mass is 10.0. The van der Waals surface area contributed by atoms with E-state index in [1.807, 2.05) is 37.5 Å². The molecular formula is C22H22Cl4N4OS. The third-order valence-corrected chi connectivity index (χ3v) is 7.34. The van der Waals surface area contributed by atoms with Gasteiger partial charge in [0.05, 0.1) is 26.1 Å². The molecule has 0 aliphatic carbocycles. The van der Waals surface area contributed by atoms with E-state index in [1.165, 1.54) is 0 Å². The van der Waals surface area contributed by atoms with Gasteiger partial charge in [-0.05, 0) is 48.7 Å². The topological polar surface area (TPSA) is 59.8 Å². The number of carbonyl (C=O) groups is 1. The van der Waals surface area contributed by atoms with Crippen molar-refractivity contribution in [2.45, 2.75) is 44.3 Å². The van der Waals surface area contributed by atoms with E-state index >= 15 is 0 Å². The van der Waals surface area contributed by atoms with Crippen molar-refractivity contribution < 1.29 is 4.79 Å². The quantitative estimate of drug-likeness (QED) is 0.309. The van der Waals surface area contributed by atoms with Gasteiger partial charge in [-0.2, -0.15) is 0 Å². The van der Waals surface area contributed by atoms with Crippen molar-refractivity contribution in [2.24, 2.45) is 5.92 Å². The predicted molar refractivity (Wildman–Crippen MR) is 133 cm³/mol. The molecule has 0 fully saturated rings. The number of amides is 1. The molecule has 1 N–H and O–H groups in total. The summed E-state index contributed by atoms with van der Waals surface area (Å²) in [5.41, 5.74) is 1.46. The Labute approximate surface area is 211 Å². The molecule has 2 aromatic carbocycles. The highest BCUT2D eigenvalue weighted by atomic mass is 35.5. The Bertz CT molecular complexity index is 1120. The zero-order valence-electron chi connectivity index (χ0n) is 17.7. The minimum absolute atomic E-state index is 0.0872. The summed E-state index contributed by atoms with van der Waals surface area (Å²) in [5.74, 6) is 1.20. The molecule has 0 bridgehead atoms. The predicted octanol–water partition coefficient (Wildman–Crippen LogP) is 7.33. The van der Waals surface area contributed by atoms with E-state index in [0.717, 1.165) is 10.7 Å². The molecule has 3 aromatic rings. The third-order valence-electron chi connectivity index (χ3n) is 4.83. The van der Waals surface area contributed by atoms with Gasteiger partial charge in [0.2, 0.25) is 0 Å². The number of halogens is 4. The number of carbonyl (C=O) groups excluding carboxylic acids is 1. The Morgan fingerprint density at radius 2 is 1.66 bits per heavy atom. The van der Waals surface area contributed by atoms with Crippen molar-refractivity contribution in [1.82, 2.24) is 20.1 Å². The van der Waals surface area contributed by atoms with Crippen LogP contribution in [0.15, 0.2) is 41.6 Å². The average molecular weight is 532 g/mol. The highest BCUT2D eigenvalue weighted by Crippen LogP contribution is 2.30. The largest absolute Gasteiger partial charge is 0.342 e. The molecule has 1 aromatic heterocycles. The van der Waals surface area contributed by atoms with Crippen molar-refractivity contribution in [3.63, 3.8) is 0 Å². The van der Waals surface area contributed by atoms with E-state index in [1.54, 1.807) is 36.0 Å². The van der Waals surface area contributed by atoms with Gasteiger partial charge in [-0.25, -0.2) is 0 Å². The van der Waals surface area contributed by atoms with Crippen LogP contribution in [-0.4, -0.2) is 20.7 Å². The summed E-state index contributed by atoms with van der Waals surface area (Å²) < 4.78 is 2.02. The fourth-order valence-corrected chi connectivity index (χ4v) is 4.67. The summed E-state index contributed by atoms with van der Waals surface area (Å²) in [6, 6.07) is 10.0. The number of hydrogen-bond acceptors (Lipinski definition) is 4. The standard InChI is InChI=1S/C22H22Cl4N4OS/c1-4-30-20(28-29-22(30)32-11-13-5-7-15(23)17(25)9-13)19(12(2)3)27-21(31)14-6-8-16(24)18(26)10-14/h5-10,12,19H,4,11H2,1-3H3,(H,27,31)/t19-/m0/s1. The van der Waals surface area contributed by atoms with Crippen LogP contribution < -0.4 is 5.32 Å². The molecule has 170 valence electrons. The van der Waals surface area contributed by atoms with Crippen molar-refractivity contribution in [1.29, 1.82) is 0 Å². The number of benzene rings is 2. The highest BCUT2D eigenvalue weighted by Gasteiger charge is 2.26. The molecule has 10 heteroatoms. The first kappa shape index (κ1) is 25.2. The van der Waals surface area contributed by atoms with E-state index in [9.17, 15) is 4.79 Å². The van der Waals surface area contributed by atoms with Crippen molar-refractivity contribution in [3.05, 3.63) is 73.4 Å². The fraction of sp³-hybridized carbons (Fsp3) is 0.318. The van der Waals surface area contributed by atoms with Crippen LogP contribution >= 0.6 is 58.2 Å². The molecule has 0 spiro atoms. The first-order valence-electron chi connectivity index (χ1n) is 9.97. The Morgan fingerprint density at radius 3 is 2.25 bits per heavy atom. The minimum Gasteiger partial charge on any atom is -0.342 e. The normalized spacial score (nSPS) is 12.2. The molecular weight excluding hydrogens is 510 g/mol. The SMILES string of the molecule is CCn1c(SCc2ccc(Cl)c(Cl)c2)nnc1[C@@H](NC(=O)c1ccc(Cl)c(Cl)c1)C(C)C. The molecule has 0 unspecified atom stereocenters. The molecule has 32 heavy (non-hydrogen) atoms. The lowest BCUT2D eigenvalue weighted by Crippen LogP contribution is -2.33. The second-order valence-electron chi connectivity index (χ2n) is 7.45. The minimum atomic E-state index is -0.330. The number of nitrogens with zero attached hydrogens (tertiary/aromatic N) is 3. The zero-order valence-corrected chi connectivity index (χ0v) is 21.5. The molecule has 0 radical (unpaired) electrons. The summed E-state index contributed by atoms with van der Waals surface area (Å²) in [7, 11) is 0. The third kappa shape index (κ3) is 5.91. The van der Waals surface area contributed by atoms with Crippen LogP contribution in [0.2, 0.25) is 20.1 Å². The van der Waals surface area contributed by atoms with Crippen molar-refractivity contribution in [2.75, 3.05) is 0 Å². The summed E-state index contributed by atoms with van der Waals surface area (Å²) in [5, 5.41) is 14.4. The van der Waals surface area contributed by atoms with Gasteiger partial charge in [-0.15, -0.1) is 10.2 Å². The smallest absolute Gasteiger partial charge is 0.251 e. The van der Waals surface area contributed by atoms with Gasteiger partial charge in [0, 0.05) is 17.9 Å². The fourth-order valence-electron chi connectivity index (χ4n) is 3.10. The number of nitrogens with one attached hydrogen (secondary N) is 1. The molecule has 0 saturated heterocycles. The highest BCUT2D eigenvalue weighted by molar-refractivity contribution is 7.98. The first-order chi connectivity index (χ1) is 15.2. The lowest BCUT2D eigenvalue weighted by Gasteiger charge is -2.22. The molecule has 5 nitrogen and oxygen atoms in total. The Hall–Kier alpha value is -1.44.